The second kappa shape index (κ2) is 10.4. The number of carbonyl (C=O) groups excluding carboxylic acids is 3. The molecule has 2 amide bonds. The highest BCUT2D eigenvalue weighted by atomic mass is 32.2. The van der Waals surface area contributed by atoms with Crippen LogP contribution in [0.1, 0.15) is 24.2 Å². The van der Waals surface area contributed by atoms with E-state index in [9.17, 15) is 14.4 Å². The fourth-order valence-electron chi connectivity index (χ4n) is 2.40. The minimum absolute atomic E-state index is 0.236. The topological polar surface area (TPSA) is 93.7 Å². The van der Waals surface area contributed by atoms with Crippen molar-refractivity contribution in [1.82, 2.24) is 0 Å². The Morgan fingerprint density at radius 2 is 1.82 bits per heavy atom. The molecule has 2 aromatic rings. The van der Waals surface area contributed by atoms with Gasteiger partial charge in [-0.2, -0.15) is 0 Å². The summed E-state index contributed by atoms with van der Waals surface area (Å²) in [5.74, 6) is -0.0914. The second-order valence-electron chi connectivity index (χ2n) is 5.65. The van der Waals surface area contributed by atoms with Crippen molar-refractivity contribution in [2.24, 2.45) is 0 Å². The number of hydrogen-bond donors (Lipinski definition) is 2. The maximum absolute atomic E-state index is 12.3. The zero-order valence-electron chi connectivity index (χ0n) is 15.9. The first-order valence-corrected chi connectivity index (χ1v) is 9.57. The molecule has 28 heavy (non-hydrogen) atoms. The van der Waals surface area contributed by atoms with Crippen molar-refractivity contribution in [3.63, 3.8) is 0 Å². The summed E-state index contributed by atoms with van der Waals surface area (Å²) in [4.78, 5) is 36.5. The summed E-state index contributed by atoms with van der Waals surface area (Å²) < 4.78 is 10.3. The second-order valence-corrected chi connectivity index (χ2v) is 6.96. The first kappa shape index (κ1) is 21.3. The van der Waals surface area contributed by atoms with Gasteiger partial charge in [0, 0.05) is 17.5 Å². The number of anilines is 2. The van der Waals surface area contributed by atoms with E-state index < -0.39 is 18.5 Å². The monoisotopic (exact) mass is 402 g/mol. The van der Waals surface area contributed by atoms with Gasteiger partial charge in [0.1, 0.15) is 5.75 Å². The van der Waals surface area contributed by atoms with E-state index in [-0.39, 0.29) is 5.91 Å². The molecule has 0 aliphatic carbocycles. The van der Waals surface area contributed by atoms with Crippen LogP contribution in [-0.4, -0.2) is 37.3 Å². The number of nitrogens with one attached hydrogen (secondary N) is 2. The van der Waals surface area contributed by atoms with Gasteiger partial charge in [-0.3, -0.25) is 9.59 Å². The largest absolute Gasteiger partial charge is 0.495 e. The average Bonchev–Trinajstić information content (AvgIpc) is 2.66. The summed E-state index contributed by atoms with van der Waals surface area (Å²) in [6, 6.07) is 11.9. The first-order valence-electron chi connectivity index (χ1n) is 8.59. The van der Waals surface area contributed by atoms with Gasteiger partial charge in [0.2, 0.25) is 5.91 Å². The first-order chi connectivity index (χ1) is 13.4. The Morgan fingerprint density at radius 3 is 2.50 bits per heavy atom. The van der Waals surface area contributed by atoms with Crippen molar-refractivity contribution in [2.75, 3.05) is 30.1 Å². The molecule has 0 unspecified atom stereocenters. The molecule has 0 saturated carbocycles. The summed E-state index contributed by atoms with van der Waals surface area (Å²) in [7, 11) is 1.46. The van der Waals surface area contributed by atoms with E-state index in [1.165, 1.54) is 25.8 Å². The Bertz CT molecular complexity index is 869. The lowest BCUT2D eigenvalue weighted by Gasteiger charge is -2.13. The van der Waals surface area contributed by atoms with Gasteiger partial charge >= 0.3 is 5.97 Å². The fraction of sp³-hybridized carbons (Fsp3) is 0.250. The number of benzene rings is 2. The average molecular weight is 402 g/mol. The number of esters is 1. The number of hydrogen-bond acceptors (Lipinski definition) is 6. The van der Waals surface area contributed by atoms with Crippen molar-refractivity contribution in [3.8, 4) is 5.75 Å². The lowest BCUT2D eigenvalue weighted by atomic mass is 10.2. The van der Waals surface area contributed by atoms with E-state index in [4.69, 9.17) is 9.47 Å². The van der Waals surface area contributed by atoms with Crippen LogP contribution in [0.15, 0.2) is 47.4 Å². The normalized spacial score (nSPS) is 10.1. The van der Waals surface area contributed by atoms with Gasteiger partial charge in [-0.1, -0.05) is 19.1 Å². The molecule has 0 bridgehead atoms. The van der Waals surface area contributed by atoms with E-state index in [1.807, 2.05) is 19.1 Å². The lowest BCUT2D eigenvalue weighted by molar-refractivity contribution is -0.119. The highest BCUT2D eigenvalue weighted by molar-refractivity contribution is 7.99. The molecule has 2 N–H and O–H groups in total. The van der Waals surface area contributed by atoms with Gasteiger partial charge in [-0.25, -0.2) is 4.79 Å². The highest BCUT2D eigenvalue weighted by Crippen LogP contribution is 2.28. The smallest absolute Gasteiger partial charge is 0.339 e. The summed E-state index contributed by atoms with van der Waals surface area (Å²) in [6.45, 7) is 2.93. The van der Waals surface area contributed by atoms with E-state index >= 15 is 0 Å². The molecule has 0 aliphatic rings. The molecule has 7 nitrogen and oxygen atoms in total. The number of rotatable bonds is 8. The molecule has 0 radical (unpaired) electrons. The molecular weight excluding hydrogens is 380 g/mol. The third-order valence-corrected chi connectivity index (χ3v) is 4.49. The quantitative estimate of drug-likeness (QED) is 0.518. The van der Waals surface area contributed by atoms with Crippen LogP contribution in [0.3, 0.4) is 0 Å². The molecule has 2 rings (SSSR count). The molecule has 0 saturated heterocycles. The number of amides is 2. The van der Waals surface area contributed by atoms with Crippen molar-refractivity contribution in [1.29, 1.82) is 0 Å². The maximum atomic E-state index is 12.3. The van der Waals surface area contributed by atoms with Gasteiger partial charge in [-0.05, 0) is 36.1 Å². The van der Waals surface area contributed by atoms with Crippen LogP contribution in [0, 0.1) is 0 Å². The van der Waals surface area contributed by atoms with E-state index in [0.717, 1.165) is 10.6 Å². The molecule has 0 heterocycles. The predicted octanol–water partition coefficient (Wildman–Crippen LogP) is 3.56. The minimum Gasteiger partial charge on any atom is -0.495 e. The highest BCUT2D eigenvalue weighted by Gasteiger charge is 2.15. The Morgan fingerprint density at radius 1 is 1.07 bits per heavy atom. The molecular formula is C20H22N2O5S. The maximum Gasteiger partial charge on any atom is 0.339 e. The van der Waals surface area contributed by atoms with E-state index in [0.29, 0.717) is 22.7 Å². The van der Waals surface area contributed by atoms with Crippen molar-refractivity contribution < 1.29 is 23.9 Å². The molecule has 0 aliphatic heterocycles. The van der Waals surface area contributed by atoms with Gasteiger partial charge < -0.3 is 20.1 Å². The van der Waals surface area contributed by atoms with Crippen molar-refractivity contribution in [2.45, 2.75) is 18.7 Å². The molecule has 0 spiro atoms. The van der Waals surface area contributed by atoms with Crippen LogP contribution < -0.4 is 15.4 Å². The molecule has 148 valence electrons. The van der Waals surface area contributed by atoms with Crippen LogP contribution in [0.2, 0.25) is 0 Å². The number of thioether (sulfide) groups is 1. The Labute approximate surface area is 167 Å². The lowest BCUT2D eigenvalue weighted by Crippen LogP contribution is -2.21. The molecule has 0 fully saturated rings. The van der Waals surface area contributed by atoms with Crippen LogP contribution in [0.5, 0.6) is 5.75 Å². The predicted molar refractivity (Wildman–Crippen MR) is 109 cm³/mol. The SMILES string of the molecule is CCSc1ccccc1C(=O)OCC(=O)Nc1cc(NC(C)=O)ccc1OC. The number of carbonyl (C=O) groups is 3. The number of methoxy groups -OCH3 is 1. The van der Waals surface area contributed by atoms with E-state index in [2.05, 4.69) is 10.6 Å². The van der Waals surface area contributed by atoms with Crippen LogP contribution in [-0.2, 0) is 14.3 Å². The minimum atomic E-state index is -0.564. The van der Waals surface area contributed by atoms with E-state index in [1.54, 1.807) is 30.3 Å². The zero-order chi connectivity index (χ0) is 20.5. The van der Waals surface area contributed by atoms with Crippen LogP contribution in [0.25, 0.3) is 0 Å². The molecule has 2 aromatic carbocycles. The van der Waals surface area contributed by atoms with Crippen molar-refractivity contribution >= 4 is 40.9 Å². The summed E-state index contributed by atoms with van der Waals surface area (Å²) >= 11 is 1.53. The van der Waals surface area contributed by atoms with Crippen LogP contribution >= 0.6 is 11.8 Å². The Kier molecular flexibility index (Phi) is 7.88. The van der Waals surface area contributed by atoms with Crippen molar-refractivity contribution in [3.05, 3.63) is 48.0 Å². The third kappa shape index (κ3) is 6.02. The third-order valence-electron chi connectivity index (χ3n) is 3.54. The number of ether oxygens (including phenoxy) is 2. The van der Waals surface area contributed by atoms with Gasteiger partial charge in [0.05, 0.1) is 18.4 Å². The fourth-order valence-corrected chi connectivity index (χ4v) is 3.19. The Balaban J connectivity index is 2.02. The van der Waals surface area contributed by atoms with Gasteiger partial charge in [0.25, 0.3) is 5.91 Å². The van der Waals surface area contributed by atoms with Gasteiger partial charge in [0.15, 0.2) is 6.61 Å². The summed E-state index contributed by atoms with van der Waals surface area (Å²) in [6.07, 6.45) is 0. The molecule has 0 aromatic heterocycles. The molecule has 0 atom stereocenters. The summed E-state index contributed by atoms with van der Waals surface area (Å²) in [5.41, 5.74) is 1.29. The summed E-state index contributed by atoms with van der Waals surface area (Å²) in [5, 5.41) is 5.25. The van der Waals surface area contributed by atoms with Crippen LogP contribution in [0.4, 0.5) is 11.4 Å². The zero-order valence-corrected chi connectivity index (χ0v) is 16.7. The standard InChI is InChI=1S/C20H22N2O5S/c1-4-28-18-8-6-5-7-15(18)20(25)27-12-19(24)22-16-11-14(21-13(2)23)9-10-17(16)26-3/h5-11H,4,12H2,1-3H3,(H,21,23)(H,22,24). The Hall–Kier alpha value is -3.00. The molecule has 8 heteroatoms. The van der Waals surface area contributed by atoms with Gasteiger partial charge in [-0.15, -0.1) is 11.8 Å².